The van der Waals surface area contributed by atoms with Crippen molar-refractivity contribution in [3.05, 3.63) is 16.4 Å². The van der Waals surface area contributed by atoms with Gasteiger partial charge in [0.15, 0.2) is 0 Å². The highest BCUT2D eigenvalue weighted by molar-refractivity contribution is 9.10. The SMILES string of the molecule is Cc1nc(NCC(O)CO)ncc1Br. The minimum Gasteiger partial charge on any atom is -0.394 e. The molecule has 14 heavy (non-hydrogen) atoms. The van der Waals surface area contributed by atoms with Crippen LogP contribution in [-0.4, -0.2) is 39.4 Å². The predicted molar refractivity (Wildman–Crippen MR) is 56.1 cm³/mol. The van der Waals surface area contributed by atoms with Gasteiger partial charge < -0.3 is 15.5 Å². The van der Waals surface area contributed by atoms with Crippen LogP contribution in [0.25, 0.3) is 0 Å². The summed E-state index contributed by atoms with van der Waals surface area (Å²) < 4.78 is 0.839. The van der Waals surface area contributed by atoms with Crippen LogP contribution in [0.4, 0.5) is 5.95 Å². The lowest BCUT2D eigenvalue weighted by atomic mass is 10.4. The van der Waals surface area contributed by atoms with Crippen LogP contribution in [0, 0.1) is 6.92 Å². The number of nitrogens with zero attached hydrogens (tertiary/aromatic N) is 2. The van der Waals surface area contributed by atoms with E-state index < -0.39 is 6.10 Å². The van der Waals surface area contributed by atoms with Crippen LogP contribution in [0.2, 0.25) is 0 Å². The first kappa shape index (κ1) is 11.4. The van der Waals surface area contributed by atoms with Crippen LogP contribution in [0.5, 0.6) is 0 Å². The largest absolute Gasteiger partial charge is 0.394 e. The number of nitrogens with one attached hydrogen (secondary N) is 1. The summed E-state index contributed by atoms with van der Waals surface area (Å²) >= 11 is 3.28. The van der Waals surface area contributed by atoms with E-state index in [9.17, 15) is 0 Å². The second-order valence-electron chi connectivity index (χ2n) is 2.84. The van der Waals surface area contributed by atoms with E-state index in [-0.39, 0.29) is 13.2 Å². The Morgan fingerprint density at radius 3 is 2.93 bits per heavy atom. The lowest BCUT2D eigenvalue weighted by molar-refractivity contribution is 0.105. The van der Waals surface area contributed by atoms with Crippen LogP contribution in [0.3, 0.4) is 0 Å². The van der Waals surface area contributed by atoms with E-state index in [4.69, 9.17) is 10.2 Å². The Morgan fingerprint density at radius 1 is 1.64 bits per heavy atom. The number of hydrogen-bond acceptors (Lipinski definition) is 5. The minimum absolute atomic E-state index is 0.234. The molecule has 0 saturated carbocycles. The molecule has 1 heterocycles. The van der Waals surface area contributed by atoms with E-state index in [0.717, 1.165) is 10.2 Å². The summed E-state index contributed by atoms with van der Waals surface area (Å²) in [7, 11) is 0. The third-order valence-electron chi connectivity index (χ3n) is 1.63. The molecule has 6 heteroatoms. The second-order valence-corrected chi connectivity index (χ2v) is 3.70. The molecule has 1 aromatic rings. The average molecular weight is 262 g/mol. The summed E-state index contributed by atoms with van der Waals surface area (Å²) in [5, 5.41) is 20.4. The van der Waals surface area contributed by atoms with Gasteiger partial charge in [0.25, 0.3) is 0 Å². The summed E-state index contributed by atoms with van der Waals surface area (Å²) in [6.45, 7) is 1.81. The Balaban J connectivity index is 2.55. The van der Waals surface area contributed by atoms with E-state index in [1.54, 1.807) is 6.20 Å². The Bertz CT molecular complexity index is 309. The molecular formula is C8H12BrN3O2. The monoisotopic (exact) mass is 261 g/mol. The van der Waals surface area contributed by atoms with Crippen molar-refractivity contribution in [1.29, 1.82) is 0 Å². The number of anilines is 1. The van der Waals surface area contributed by atoms with Crippen molar-refractivity contribution in [2.24, 2.45) is 0 Å². The third-order valence-corrected chi connectivity index (χ3v) is 2.40. The molecule has 5 nitrogen and oxygen atoms in total. The first-order valence-electron chi connectivity index (χ1n) is 4.15. The number of halogens is 1. The van der Waals surface area contributed by atoms with E-state index in [2.05, 4.69) is 31.2 Å². The normalized spacial score (nSPS) is 12.6. The first-order valence-corrected chi connectivity index (χ1v) is 4.94. The molecule has 0 aliphatic rings. The van der Waals surface area contributed by atoms with Gasteiger partial charge in [-0.25, -0.2) is 9.97 Å². The van der Waals surface area contributed by atoms with Crippen LogP contribution in [-0.2, 0) is 0 Å². The summed E-state index contributed by atoms with van der Waals surface area (Å²) in [4.78, 5) is 8.10. The molecule has 1 rings (SSSR count). The van der Waals surface area contributed by atoms with Crippen molar-refractivity contribution in [2.75, 3.05) is 18.5 Å². The van der Waals surface area contributed by atoms with Gasteiger partial charge in [0.1, 0.15) is 0 Å². The Labute approximate surface area is 90.3 Å². The fourth-order valence-corrected chi connectivity index (χ4v) is 1.00. The number of aryl methyl sites for hydroxylation is 1. The Hall–Kier alpha value is -0.720. The Kier molecular flexibility index (Phi) is 4.24. The molecule has 0 amide bonds. The van der Waals surface area contributed by atoms with E-state index >= 15 is 0 Å². The number of hydrogen-bond donors (Lipinski definition) is 3. The number of rotatable bonds is 4. The molecule has 1 aromatic heterocycles. The Morgan fingerprint density at radius 2 is 2.36 bits per heavy atom. The molecule has 0 aliphatic heterocycles. The molecular weight excluding hydrogens is 250 g/mol. The highest BCUT2D eigenvalue weighted by atomic mass is 79.9. The topological polar surface area (TPSA) is 78.3 Å². The molecule has 0 bridgehead atoms. The zero-order chi connectivity index (χ0) is 10.6. The molecule has 0 saturated heterocycles. The maximum absolute atomic E-state index is 9.07. The fraction of sp³-hybridized carbons (Fsp3) is 0.500. The lowest BCUT2D eigenvalue weighted by Gasteiger charge is -2.09. The molecule has 1 unspecified atom stereocenters. The molecule has 0 spiro atoms. The zero-order valence-electron chi connectivity index (χ0n) is 7.74. The minimum atomic E-state index is -0.789. The van der Waals surface area contributed by atoms with Crippen molar-refractivity contribution in [2.45, 2.75) is 13.0 Å². The molecule has 0 aliphatic carbocycles. The number of aliphatic hydroxyl groups excluding tert-OH is 2. The van der Waals surface area contributed by atoms with Crippen LogP contribution < -0.4 is 5.32 Å². The first-order chi connectivity index (χ1) is 6.63. The molecule has 0 fully saturated rings. The van der Waals surface area contributed by atoms with Gasteiger partial charge >= 0.3 is 0 Å². The van der Waals surface area contributed by atoms with Gasteiger partial charge in [-0.3, -0.25) is 0 Å². The van der Waals surface area contributed by atoms with E-state index in [1.807, 2.05) is 6.92 Å². The molecule has 3 N–H and O–H groups in total. The molecule has 1 atom stereocenters. The van der Waals surface area contributed by atoms with Crippen molar-refractivity contribution < 1.29 is 10.2 Å². The third kappa shape index (κ3) is 3.21. The standard InChI is InChI=1S/C8H12BrN3O2/c1-5-7(9)3-11-8(12-5)10-2-6(14)4-13/h3,6,13-14H,2,4H2,1H3,(H,10,11,12). The molecule has 0 radical (unpaired) electrons. The summed E-state index contributed by atoms with van der Waals surface area (Å²) in [6.07, 6.45) is 0.846. The van der Waals surface area contributed by atoms with Gasteiger partial charge in [0.05, 0.1) is 22.9 Å². The highest BCUT2D eigenvalue weighted by Crippen LogP contribution is 2.13. The quantitative estimate of drug-likeness (QED) is 0.728. The summed E-state index contributed by atoms with van der Waals surface area (Å²) in [5.41, 5.74) is 0.820. The summed E-state index contributed by atoms with van der Waals surface area (Å²) in [6, 6.07) is 0. The van der Waals surface area contributed by atoms with Crippen LogP contribution in [0.1, 0.15) is 5.69 Å². The predicted octanol–water partition coefficient (Wildman–Crippen LogP) is 0.313. The molecule has 78 valence electrons. The van der Waals surface area contributed by atoms with Gasteiger partial charge in [-0.2, -0.15) is 0 Å². The zero-order valence-corrected chi connectivity index (χ0v) is 9.32. The van der Waals surface area contributed by atoms with Gasteiger partial charge in [-0.1, -0.05) is 0 Å². The lowest BCUT2D eigenvalue weighted by Crippen LogP contribution is -2.23. The van der Waals surface area contributed by atoms with Crippen LogP contribution in [0.15, 0.2) is 10.7 Å². The van der Waals surface area contributed by atoms with Crippen molar-refractivity contribution in [1.82, 2.24) is 9.97 Å². The number of aliphatic hydroxyl groups is 2. The van der Waals surface area contributed by atoms with Gasteiger partial charge in [-0.15, -0.1) is 0 Å². The maximum Gasteiger partial charge on any atom is 0.223 e. The average Bonchev–Trinajstić information content (AvgIpc) is 2.19. The van der Waals surface area contributed by atoms with Crippen molar-refractivity contribution in [3.8, 4) is 0 Å². The van der Waals surface area contributed by atoms with Crippen molar-refractivity contribution in [3.63, 3.8) is 0 Å². The highest BCUT2D eigenvalue weighted by Gasteiger charge is 2.04. The van der Waals surface area contributed by atoms with E-state index in [0.29, 0.717) is 5.95 Å². The maximum atomic E-state index is 9.07. The van der Waals surface area contributed by atoms with Crippen LogP contribution >= 0.6 is 15.9 Å². The van der Waals surface area contributed by atoms with Gasteiger partial charge in [0.2, 0.25) is 5.95 Å². The fourth-order valence-electron chi connectivity index (χ4n) is 0.811. The number of aromatic nitrogens is 2. The van der Waals surface area contributed by atoms with Gasteiger partial charge in [-0.05, 0) is 22.9 Å². The second kappa shape index (κ2) is 5.23. The van der Waals surface area contributed by atoms with Gasteiger partial charge in [0, 0.05) is 12.7 Å². The van der Waals surface area contributed by atoms with E-state index in [1.165, 1.54) is 0 Å². The molecule has 0 aromatic carbocycles. The summed E-state index contributed by atoms with van der Waals surface area (Å²) in [5.74, 6) is 0.443. The van der Waals surface area contributed by atoms with Crippen molar-refractivity contribution >= 4 is 21.9 Å². The smallest absolute Gasteiger partial charge is 0.223 e.